The van der Waals surface area contributed by atoms with Crippen LogP contribution >= 0.6 is 23.2 Å². The third-order valence-electron chi connectivity index (χ3n) is 2.79. The highest BCUT2D eigenvalue weighted by Gasteiger charge is 2.17. The first-order valence-electron chi connectivity index (χ1n) is 5.46. The van der Waals surface area contributed by atoms with E-state index in [0.717, 1.165) is 5.69 Å². The standard InChI is InChI=1S/C12H12Cl2N4O/c1-6-11(14)7(2)18(16-6)9-5-3-4-8(13)10(9)12(15)17-19/h3-5,19H,1-2H3,(H2,15,17). The van der Waals surface area contributed by atoms with Crippen LogP contribution in [0, 0.1) is 13.8 Å². The quantitative estimate of drug-likeness (QED) is 0.387. The van der Waals surface area contributed by atoms with Crippen LogP contribution in [-0.2, 0) is 0 Å². The first kappa shape index (κ1) is 13.7. The SMILES string of the molecule is Cc1nn(-c2cccc(Cl)c2C(N)=NO)c(C)c1Cl. The van der Waals surface area contributed by atoms with Crippen molar-refractivity contribution >= 4 is 29.0 Å². The summed E-state index contributed by atoms with van der Waals surface area (Å²) in [5.41, 5.74) is 8.14. The van der Waals surface area contributed by atoms with Gasteiger partial charge in [0.25, 0.3) is 0 Å². The summed E-state index contributed by atoms with van der Waals surface area (Å²) in [4.78, 5) is 0. The lowest BCUT2D eigenvalue weighted by Gasteiger charge is -2.11. The van der Waals surface area contributed by atoms with Gasteiger partial charge in [0.15, 0.2) is 5.84 Å². The summed E-state index contributed by atoms with van der Waals surface area (Å²) in [6.07, 6.45) is 0. The summed E-state index contributed by atoms with van der Waals surface area (Å²) in [7, 11) is 0. The minimum atomic E-state index is -0.0794. The van der Waals surface area contributed by atoms with Crippen LogP contribution in [0.1, 0.15) is 17.0 Å². The monoisotopic (exact) mass is 298 g/mol. The Hall–Kier alpha value is -1.72. The summed E-state index contributed by atoms with van der Waals surface area (Å²) in [5, 5.41) is 17.1. The maximum Gasteiger partial charge on any atom is 0.173 e. The van der Waals surface area contributed by atoms with Crippen LogP contribution in [0.3, 0.4) is 0 Å². The van der Waals surface area contributed by atoms with Crippen molar-refractivity contribution in [3.8, 4) is 5.69 Å². The van der Waals surface area contributed by atoms with Crippen LogP contribution in [0.25, 0.3) is 5.69 Å². The Morgan fingerprint density at radius 3 is 2.58 bits per heavy atom. The predicted octanol–water partition coefficient (Wildman–Crippen LogP) is 2.89. The van der Waals surface area contributed by atoms with Gasteiger partial charge in [0.1, 0.15) is 0 Å². The smallest absolute Gasteiger partial charge is 0.173 e. The summed E-state index contributed by atoms with van der Waals surface area (Å²) in [6.45, 7) is 3.64. The maximum atomic E-state index is 8.86. The Labute approximate surface area is 120 Å². The van der Waals surface area contributed by atoms with Crippen molar-refractivity contribution in [3.05, 3.63) is 45.2 Å². The number of nitrogens with zero attached hydrogens (tertiary/aromatic N) is 3. The number of nitrogens with two attached hydrogens (primary N) is 1. The second-order valence-electron chi connectivity index (χ2n) is 4.02. The van der Waals surface area contributed by atoms with Crippen LogP contribution in [0.15, 0.2) is 23.4 Å². The van der Waals surface area contributed by atoms with Gasteiger partial charge in [-0.1, -0.05) is 34.4 Å². The lowest BCUT2D eigenvalue weighted by Crippen LogP contribution is -2.18. The molecule has 0 saturated carbocycles. The Kier molecular flexibility index (Phi) is 3.68. The Bertz CT molecular complexity index is 664. The highest BCUT2D eigenvalue weighted by molar-refractivity contribution is 6.34. The number of benzene rings is 1. The minimum absolute atomic E-state index is 0.0794. The van der Waals surface area contributed by atoms with Gasteiger partial charge in [-0.15, -0.1) is 0 Å². The number of aryl methyl sites for hydroxylation is 1. The highest BCUT2D eigenvalue weighted by atomic mass is 35.5. The summed E-state index contributed by atoms with van der Waals surface area (Å²) in [5.74, 6) is -0.0794. The molecule has 0 atom stereocenters. The number of rotatable bonds is 2. The van der Waals surface area contributed by atoms with Crippen LogP contribution in [0.4, 0.5) is 0 Å². The molecular weight excluding hydrogens is 287 g/mol. The summed E-state index contributed by atoms with van der Waals surface area (Å²) in [6, 6.07) is 5.19. The molecule has 0 aliphatic carbocycles. The number of hydrogen-bond donors (Lipinski definition) is 2. The van der Waals surface area contributed by atoms with Crippen molar-refractivity contribution in [1.82, 2.24) is 9.78 Å². The molecule has 0 fully saturated rings. The molecule has 0 bridgehead atoms. The molecule has 0 spiro atoms. The molecule has 0 saturated heterocycles. The van der Waals surface area contributed by atoms with E-state index in [4.69, 9.17) is 34.1 Å². The van der Waals surface area contributed by atoms with Crippen molar-refractivity contribution in [3.63, 3.8) is 0 Å². The number of halogens is 2. The second kappa shape index (κ2) is 5.11. The highest BCUT2D eigenvalue weighted by Crippen LogP contribution is 2.27. The van der Waals surface area contributed by atoms with Crippen LogP contribution in [0.5, 0.6) is 0 Å². The molecular formula is C12H12Cl2N4O. The van der Waals surface area contributed by atoms with Crippen LogP contribution < -0.4 is 5.73 Å². The van der Waals surface area contributed by atoms with Crippen molar-refractivity contribution in [2.24, 2.45) is 10.9 Å². The first-order valence-corrected chi connectivity index (χ1v) is 6.21. The van der Waals surface area contributed by atoms with E-state index in [-0.39, 0.29) is 5.84 Å². The van der Waals surface area contributed by atoms with Gasteiger partial charge < -0.3 is 10.9 Å². The fraction of sp³-hybridized carbons (Fsp3) is 0.167. The van der Waals surface area contributed by atoms with Gasteiger partial charge in [0.2, 0.25) is 0 Å². The summed E-state index contributed by atoms with van der Waals surface area (Å²) >= 11 is 12.2. The molecule has 2 aromatic rings. The lowest BCUT2D eigenvalue weighted by molar-refractivity contribution is 0.318. The number of oxime groups is 1. The van der Waals surface area contributed by atoms with E-state index in [9.17, 15) is 0 Å². The molecule has 1 aromatic heterocycles. The number of amidine groups is 1. The molecule has 7 heteroatoms. The zero-order chi connectivity index (χ0) is 14.2. The van der Waals surface area contributed by atoms with Crippen molar-refractivity contribution in [1.29, 1.82) is 0 Å². The molecule has 3 N–H and O–H groups in total. The topological polar surface area (TPSA) is 76.4 Å². The van der Waals surface area contributed by atoms with Gasteiger partial charge >= 0.3 is 0 Å². The Morgan fingerprint density at radius 1 is 1.37 bits per heavy atom. The zero-order valence-corrected chi connectivity index (χ0v) is 11.9. The number of hydrogen-bond acceptors (Lipinski definition) is 3. The van der Waals surface area contributed by atoms with Crippen LogP contribution in [-0.4, -0.2) is 20.8 Å². The van der Waals surface area contributed by atoms with Gasteiger partial charge in [-0.3, -0.25) is 0 Å². The Morgan fingerprint density at radius 2 is 2.05 bits per heavy atom. The van der Waals surface area contributed by atoms with E-state index in [2.05, 4.69) is 10.3 Å². The van der Waals surface area contributed by atoms with Crippen molar-refractivity contribution in [2.45, 2.75) is 13.8 Å². The van der Waals surface area contributed by atoms with E-state index < -0.39 is 0 Å². The molecule has 0 radical (unpaired) electrons. The van der Waals surface area contributed by atoms with E-state index in [0.29, 0.717) is 27.0 Å². The van der Waals surface area contributed by atoms with Gasteiger partial charge in [0, 0.05) is 0 Å². The van der Waals surface area contributed by atoms with Crippen molar-refractivity contribution < 1.29 is 5.21 Å². The molecule has 1 heterocycles. The largest absolute Gasteiger partial charge is 0.409 e. The average molecular weight is 299 g/mol. The second-order valence-corrected chi connectivity index (χ2v) is 4.80. The van der Waals surface area contributed by atoms with Crippen molar-refractivity contribution in [2.75, 3.05) is 0 Å². The minimum Gasteiger partial charge on any atom is -0.409 e. The molecule has 0 aliphatic heterocycles. The van der Waals surface area contributed by atoms with Crippen LogP contribution in [0.2, 0.25) is 10.0 Å². The summed E-state index contributed by atoms with van der Waals surface area (Å²) < 4.78 is 1.62. The predicted molar refractivity (Wildman–Crippen MR) is 75.6 cm³/mol. The fourth-order valence-electron chi connectivity index (χ4n) is 1.85. The Balaban J connectivity index is 2.76. The van der Waals surface area contributed by atoms with Gasteiger partial charge in [-0.2, -0.15) is 5.10 Å². The van der Waals surface area contributed by atoms with E-state index >= 15 is 0 Å². The van der Waals surface area contributed by atoms with Gasteiger partial charge in [-0.25, -0.2) is 4.68 Å². The fourth-order valence-corrected chi connectivity index (χ4v) is 2.24. The third-order valence-corrected chi connectivity index (χ3v) is 3.65. The number of aromatic nitrogens is 2. The first-order chi connectivity index (χ1) is 8.97. The molecule has 0 amide bonds. The van der Waals surface area contributed by atoms with Gasteiger partial charge in [-0.05, 0) is 26.0 Å². The molecule has 100 valence electrons. The van der Waals surface area contributed by atoms with E-state index in [1.54, 1.807) is 29.8 Å². The van der Waals surface area contributed by atoms with Gasteiger partial charge in [0.05, 0.1) is 32.7 Å². The molecule has 19 heavy (non-hydrogen) atoms. The molecule has 5 nitrogen and oxygen atoms in total. The third kappa shape index (κ3) is 2.27. The molecule has 0 aliphatic rings. The van der Waals surface area contributed by atoms with E-state index in [1.165, 1.54) is 0 Å². The molecule has 1 aromatic carbocycles. The zero-order valence-electron chi connectivity index (χ0n) is 10.4. The lowest BCUT2D eigenvalue weighted by atomic mass is 10.1. The molecule has 2 rings (SSSR count). The average Bonchev–Trinajstić information content (AvgIpc) is 2.65. The normalized spacial score (nSPS) is 11.9. The van der Waals surface area contributed by atoms with E-state index in [1.807, 2.05) is 6.92 Å². The molecule has 0 unspecified atom stereocenters. The maximum absolute atomic E-state index is 8.86.